The summed E-state index contributed by atoms with van der Waals surface area (Å²) in [5, 5.41) is 9.70. The smallest absolute Gasteiger partial charge is 0.417 e. The molecule has 0 aliphatic carbocycles. The average molecular weight is 417 g/mol. The minimum atomic E-state index is -4.80. The van der Waals surface area contributed by atoms with Crippen LogP contribution in [0.4, 0.5) is 13.2 Å². The number of ether oxygens (including phenoxy) is 1. The Morgan fingerprint density at radius 3 is 2.34 bits per heavy atom. The zero-order chi connectivity index (χ0) is 21.0. The normalized spacial score (nSPS) is 11.0. The number of carbonyl (C=O) groups is 1. The van der Waals surface area contributed by atoms with E-state index < -0.39 is 35.6 Å². The Labute approximate surface area is 169 Å². The molecule has 8 heteroatoms. The van der Waals surface area contributed by atoms with Crippen LogP contribution < -0.4 is 4.74 Å². The molecule has 0 saturated carbocycles. The summed E-state index contributed by atoms with van der Waals surface area (Å²) < 4.78 is 45.8. The van der Waals surface area contributed by atoms with Gasteiger partial charge in [-0.1, -0.05) is 41.9 Å². The van der Waals surface area contributed by atoms with Gasteiger partial charge >= 0.3 is 6.18 Å². The Balaban J connectivity index is 1.99. The van der Waals surface area contributed by atoms with Crippen molar-refractivity contribution in [1.82, 2.24) is 4.98 Å². The van der Waals surface area contributed by atoms with E-state index in [0.717, 1.165) is 6.07 Å². The van der Waals surface area contributed by atoms with Crippen molar-refractivity contribution in [2.24, 2.45) is 0 Å². The van der Waals surface area contributed by atoms with Crippen LogP contribution in [0.5, 0.6) is 5.88 Å². The molecule has 3 rings (SSSR count). The molecule has 2 aromatic carbocycles. The molecule has 0 aliphatic heterocycles. The van der Waals surface area contributed by atoms with Gasteiger partial charge in [0, 0.05) is 16.1 Å². The maximum absolute atomic E-state index is 13.5. The summed E-state index contributed by atoms with van der Waals surface area (Å²) in [5.74, 6) is -1.05. The molecule has 146 valence electrons. The molecule has 1 heterocycles. The van der Waals surface area contributed by atoms with Crippen LogP contribution in [-0.4, -0.2) is 17.4 Å². The predicted molar refractivity (Wildman–Crippen MR) is 101 cm³/mol. The van der Waals surface area contributed by atoms with Crippen LogP contribution >= 0.6 is 11.6 Å². The topological polar surface area (TPSA) is 63.0 Å². The van der Waals surface area contributed by atoms with Gasteiger partial charge in [0.1, 0.15) is 11.6 Å². The maximum atomic E-state index is 13.5. The van der Waals surface area contributed by atoms with E-state index in [4.69, 9.17) is 16.3 Å². The van der Waals surface area contributed by atoms with Gasteiger partial charge in [0.05, 0.1) is 11.3 Å². The first-order valence-corrected chi connectivity index (χ1v) is 8.66. The quantitative estimate of drug-likeness (QED) is 0.511. The van der Waals surface area contributed by atoms with Crippen LogP contribution in [0.3, 0.4) is 0 Å². The van der Waals surface area contributed by atoms with E-state index in [9.17, 15) is 23.2 Å². The first-order valence-electron chi connectivity index (χ1n) is 8.29. The van der Waals surface area contributed by atoms with Gasteiger partial charge in [0.2, 0.25) is 5.88 Å². The molecular formula is C21H12ClF3N2O2. The van der Waals surface area contributed by atoms with Gasteiger partial charge in [-0.05, 0) is 30.3 Å². The Bertz CT molecular complexity index is 1080. The fourth-order valence-corrected chi connectivity index (χ4v) is 2.69. The molecule has 4 nitrogen and oxygen atoms in total. The molecule has 3 aromatic rings. The second-order valence-corrected chi connectivity index (χ2v) is 6.37. The van der Waals surface area contributed by atoms with E-state index in [1.54, 1.807) is 30.3 Å². The molecule has 0 bridgehead atoms. The molecule has 0 aliphatic rings. The van der Waals surface area contributed by atoms with Gasteiger partial charge in [-0.3, -0.25) is 4.79 Å². The molecule has 0 saturated heterocycles. The highest BCUT2D eigenvalue weighted by Gasteiger charge is 2.36. The SMILES string of the molecule is N#Cc1c(C(F)(F)F)cc(-c2ccccc2)nc1OCC(=O)c1ccc(Cl)cc1. The fraction of sp³-hybridized carbons (Fsp3) is 0.0952. The lowest BCUT2D eigenvalue weighted by Gasteiger charge is -2.15. The number of pyridine rings is 1. The van der Waals surface area contributed by atoms with E-state index in [1.807, 2.05) is 0 Å². The lowest BCUT2D eigenvalue weighted by molar-refractivity contribution is -0.137. The third-order valence-corrected chi connectivity index (χ3v) is 4.23. The Kier molecular flexibility index (Phi) is 5.85. The molecule has 0 N–H and O–H groups in total. The van der Waals surface area contributed by atoms with Gasteiger partial charge in [0.25, 0.3) is 0 Å². The molecule has 0 amide bonds. The van der Waals surface area contributed by atoms with Gasteiger partial charge < -0.3 is 4.74 Å². The van der Waals surface area contributed by atoms with E-state index >= 15 is 0 Å². The first-order chi connectivity index (χ1) is 13.8. The van der Waals surface area contributed by atoms with Crippen LogP contribution in [-0.2, 0) is 6.18 Å². The number of aromatic nitrogens is 1. The van der Waals surface area contributed by atoms with Gasteiger partial charge in [-0.25, -0.2) is 4.98 Å². The summed E-state index contributed by atoms with van der Waals surface area (Å²) in [5.41, 5.74) is -1.30. The molecule has 0 fully saturated rings. The molecule has 0 radical (unpaired) electrons. The van der Waals surface area contributed by atoms with E-state index in [-0.39, 0.29) is 11.3 Å². The number of nitrogens with zero attached hydrogens (tertiary/aromatic N) is 2. The number of halogens is 4. The molecular weight excluding hydrogens is 405 g/mol. The number of benzene rings is 2. The second kappa shape index (κ2) is 8.33. The van der Waals surface area contributed by atoms with Crippen LogP contribution in [0.2, 0.25) is 5.02 Å². The number of nitriles is 1. The predicted octanol–water partition coefficient (Wildman–Crippen LogP) is 5.55. The highest BCUT2D eigenvalue weighted by Crippen LogP contribution is 2.37. The van der Waals surface area contributed by atoms with Gasteiger partial charge in [-0.2, -0.15) is 18.4 Å². The molecule has 0 atom stereocenters. The summed E-state index contributed by atoms with van der Waals surface area (Å²) in [6, 6.07) is 16.4. The lowest BCUT2D eigenvalue weighted by atomic mass is 10.0. The zero-order valence-electron chi connectivity index (χ0n) is 14.7. The van der Waals surface area contributed by atoms with Crippen LogP contribution in [0.25, 0.3) is 11.3 Å². The van der Waals surface area contributed by atoms with Gasteiger partial charge in [0.15, 0.2) is 12.4 Å². The number of rotatable bonds is 5. The highest BCUT2D eigenvalue weighted by molar-refractivity contribution is 6.30. The molecule has 0 spiro atoms. The van der Waals surface area contributed by atoms with Crippen LogP contribution in [0.1, 0.15) is 21.5 Å². The van der Waals surface area contributed by atoms with Gasteiger partial charge in [-0.15, -0.1) is 0 Å². The molecule has 0 unspecified atom stereocenters. The van der Waals surface area contributed by atoms with Crippen molar-refractivity contribution in [3.8, 4) is 23.2 Å². The van der Waals surface area contributed by atoms with E-state index in [0.29, 0.717) is 10.6 Å². The van der Waals surface area contributed by atoms with Crippen molar-refractivity contribution in [2.45, 2.75) is 6.18 Å². The van der Waals surface area contributed by atoms with Crippen molar-refractivity contribution >= 4 is 17.4 Å². The second-order valence-electron chi connectivity index (χ2n) is 5.93. The number of ketones is 1. The number of alkyl halides is 3. The standard InChI is InChI=1S/C21H12ClF3N2O2/c22-15-8-6-14(7-9-15)19(28)12-29-20-16(11-26)17(21(23,24)25)10-18(27-20)13-4-2-1-3-5-13/h1-10H,12H2. The maximum Gasteiger partial charge on any atom is 0.417 e. The summed E-state index contributed by atoms with van der Waals surface area (Å²) in [6.07, 6.45) is -4.80. The molecule has 29 heavy (non-hydrogen) atoms. The third kappa shape index (κ3) is 4.73. The number of hydrogen-bond acceptors (Lipinski definition) is 4. The number of hydrogen-bond donors (Lipinski definition) is 0. The highest BCUT2D eigenvalue weighted by atomic mass is 35.5. The first kappa shape index (κ1) is 20.4. The van der Waals surface area contributed by atoms with Crippen molar-refractivity contribution < 1.29 is 22.7 Å². The van der Waals surface area contributed by atoms with E-state index in [1.165, 1.54) is 30.3 Å². The average Bonchev–Trinajstić information content (AvgIpc) is 2.71. The minimum absolute atomic E-state index is 0.0223. The van der Waals surface area contributed by atoms with Crippen LogP contribution in [0, 0.1) is 11.3 Å². The third-order valence-electron chi connectivity index (χ3n) is 3.98. The Hall–Kier alpha value is -3.37. The minimum Gasteiger partial charge on any atom is -0.468 e. The number of Topliss-reactive ketones (excluding diaryl/α,β-unsaturated/α-hetero) is 1. The van der Waals surface area contributed by atoms with E-state index in [2.05, 4.69) is 4.98 Å². The Morgan fingerprint density at radius 1 is 1.10 bits per heavy atom. The largest absolute Gasteiger partial charge is 0.468 e. The number of carbonyl (C=O) groups excluding carboxylic acids is 1. The molecule has 1 aromatic heterocycles. The van der Waals surface area contributed by atoms with Crippen molar-refractivity contribution in [2.75, 3.05) is 6.61 Å². The summed E-state index contributed by atoms with van der Waals surface area (Å²) in [7, 11) is 0. The summed E-state index contributed by atoms with van der Waals surface area (Å²) >= 11 is 5.77. The van der Waals surface area contributed by atoms with Crippen molar-refractivity contribution in [1.29, 1.82) is 5.26 Å². The fourth-order valence-electron chi connectivity index (χ4n) is 2.57. The lowest BCUT2D eigenvalue weighted by Crippen LogP contribution is -2.16. The summed E-state index contributed by atoms with van der Waals surface area (Å²) in [6.45, 7) is -0.584. The van der Waals surface area contributed by atoms with Crippen molar-refractivity contribution in [3.63, 3.8) is 0 Å². The van der Waals surface area contributed by atoms with Crippen LogP contribution in [0.15, 0.2) is 60.7 Å². The summed E-state index contributed by atoms with van der Waals surface area (Å²) in [4.78, 5) is 16.3. The Morgan fingerprint density at radius 2 is 1.76 bits per heavy atom. The van der Waals surface area contributed by atoms with Crippen molar-refractivity contribution in [3.05, 3.63) is 82.4 Å². The monoisotopic (exact) mass is 416 g/mol. The zero-order valence-corrected chi connectivity index (χ0v) is 15.5.